The van der Waals surface area contributed by atoms with Crippen molar-refractivity contribution < 1.29 is 17.4 Å². The van der Waals surface area contributed by atoms with Gasteiger partial charge in [0.05, 0.1) is 11.4 Å². The molecular formula is C35H45CrN4. The molecule has 1 radical (unpaired) electrons. The second-order valence-electron chi connectivity index (χ2n) is 10.8. The first-order valence-corrected chi connectivity index (χ1v) is 13.7. The van der Waals surface area contributed by atoms with Crippen LogP contribution in [0.4, 0.5) is 11.4 Å². The normalized spacial score (nSPS) is 11.3. The maximum absolute atomic E-state index is 4.70. The van der Waals surface area contributed by atoms with Crippen molar-refractivity contribution in [1.29, 1.82) is 0 Å². The first-order chi connectivity index (χ1) is 18.2. The minimum absolute atomic E-state index is 0. The fourth-order valence-corrected chi connectivity index (χ4v) is 4.36. The fourth-order valence-electron chi connectivity index (χ4n) is 4.36. The minimum Gasteiger partial charge on any atom is -0.663 e. The third kappa shape index (κ3) is 9.51. The van der Waals surface area contributed by atoms with Gasteiger partial charge in [0.1, 0.15) is 0 Å². The SMILES string of the molecule is CC(C)c1cccc(C(C)C)c1N=Cc1ccc[n-]1.CC(C)c1cccc(C(C)C)c1N=Cc1ccc[n-]1.[CH3-].[Cr+3]. The first kappa shape index (κ1) is 34.9. The molecule has 0 fully saturated rings. The molecule has 0 amide bonds. The number of rotatable bonds is 8. The number of hydrogen-bond donors (Lipinski definition) is 0. The van der Waals surface area contributed by atoms with Gasteiger partial charge in [0.2, 0.25) is 0 Å². The Morgan fingerprint density at radius 3 is 1.02 bits per heavy atom. The summed E-state index contributed by atoms with van der Waals surface area (Å²) in [6, 6.07) is 20.7. The van der Waals surface area contributed by atoms with Crippen molar-refractivity contribution in [3.8, 4) is 0 Å². The number of benzene rings is 2. The molecule has 0 saturated heterocycles. The van der Waals surface area contributed by atoms with Gasteiger partial charge in [-0.3, -0.25) is 9.98 Å². The van der Waals surface area contributed by atoms with Crippen LogP contribution in [0.3, 0.4) is 0 Å². The zero-order valence-corrected chi connectivity index (χ0v) is 26.9. The number of aromatic nitrogens is 2. The summed E-state index contributed by atoms with van der Waals surface area (Å²) in [4.78, 5) is 17.9. The maximum atomic E-state index is 4.70. The van der Waals surface area contributed by atoms with Crippen molar-refractivity contribution in [2.45, 2.75) is 79.1 Å². The van der Waals surface area contributed by atoms with Gasteiger partial charge in [-0.25, -0.2) is 0 Å². The maximum Gasteiger partial charge on any atom is 3.00 e. The largest absolute Gasteiger partial charge is 3.00 e. The second-order valence-corrected chi connectivity index (χ2v) is 10.8. The number of aliphatic imine (C=N–C) groups is 2. The monoisotopic (exact) mass is 573 g/mol. The van der Waals surface area contributed by atoms with Crippen molar-refractivity contribution in [1.82, 2.24) is 9.97 Å². The summed E-state index contributed by atoms with van der Waals surface area (Å²) < 4.78 is 0. The average Bonchev–Trinajstić information content (AvgIpc) is 3.60. The molecule has 40 heavy (non-hydrogen) atoms. The van der Waals surface area contributed by atoms with E-state index in [0.717, 1.165) is 22.8 Å². The standard InChI is InChI=1S/2C17H21N2.CH3.Cr/c2*1-12(2)15-8-5-9-16(13(3)4)17(15)19-11-14-7-6-10-18-14;;/h2*5-13H,1-4H3;1H3;/q3*-1;+3. The topological polar surface area (TPSA) is 52.9 Å². The van der Waals surface area contributed by atoms with Crippen LogP contribution in [-0.4, -0.2) is 12.4 Å². The molecule has 5 heteroatoms. The van der Waals surface area contributed by atoms with E-state index in [-0.39, 0.29) is 24.8 Å². The van der Waals surface area contributed by atoms with E-state index in [1.807, 2.05) is 36.7 Å². The molecule has 0 aliphatic heterocycles. The molecule has 0 unspecified atom stereocenters. The third-order valence-electron chi connectivity index (χ3n) is 6.49. The Hall–Kier alpha value is -3.13. The smallest absolute Gasteiger partial charge is 0.663 e. The molecule has 4 aromatic rings. The van der Waals surface area contributed by atoms with Crippen LogP contribution < -0.4 is 9.97 Å². The Morgan fingerprint density at radius 2 is 0.800 bits per heavy atom. The van der Waals surface area contributed by atoms with E-state index < -0.39 is 0 Å². The summed E-state index contributed by atoms with van der Waals surface area (Å²) >= 11 is 0. The number of para-hydroxylation sites is 2. The van der Waals surface area contributed by atoms with Crippen molar-refractivity contribution in [3.63, 3.8) is 0 Å². The van der Waals surface area contributed by atoms with Crippen LogP contribution in [0, 0.1) is 7.43 Å². The predicted octanol–water partition coefficient (Wildman–Crippen LogP) is 9.73. The molecule has 0 aliphatic rings. The van der Waals surface area contributed by atoms with Crippen molar-refractivity contribution in [2.75, 3.05) is 0 Å². The van der Waals surface area contributed by atoms with Crippen LogP contribution in [0.15, 0.2) is 83.0 Å². The van der Waals surface area contributed by atoms with Gasteiger partial charge in [0, 0.05) is 12.4 Å². The van der Waals surface area contributed by atoms with Gasteiger partial charge in [0.25, 0.3) is 0 Å². The van der Waals surface area contributed by atoms with Gasteiger partial charge >= 0.3 is 17.4 Å². The van der Waals surface area contributed by atoms with E-state index in [2.05, 4.69) is 102 Å². The summed E-state index contributed by atoms with van der Waals surface area (Å²) in [5.41, 5.74) is 9.23. The zero-order chi connectivity index (χ0) is 27.7. The van der Waals surface area contributed by atoms with E-state index in [1.54, 1.807) is 12.4 Å². The molecule has 4 nitrogen and oxygen atoms in total. The molecule has 0 bridgehead atoms. The van der Waals surface area contributed by atoms with Gasteiger partial charge in [-0.05, 0) is 45.9 Å². The molecule has 0 N–H and O–H groups in total. The number of hydrogen-bond acceptors (Lipinski definition) is 2. The average molecular weight is 574 g/mol. The Balaban J connectivity index is 0.000000381. The van der Waals surface area contributed by atoms with Crippen molar-refractivity contribution in [2.24, 2.45) is 9.98 Å². The van der Waals surface area contributed by atoms with Crippen molar-refractivity contribution in [3.05, 3.63) is 114 Å². The summed E-state index contributed by atoms with van der Waals surface area (Å²) in [7, 11) is 0. The summed E-state index contributed by atoms with van der Waals surface area (Å²) in [5.74, 6) is 1.88. The minimum atomic E-state index is 0. The second kappa shape index (κ2) is 16.9. The molecule has 4 rings (SSSR count). The molecule has 0 atom stereocenters. The fraction of sp³-hybridized carbons (Fsp3) is 0.343. The number of nitrogens with zero attached hydrogens (tertiary/aromatic N) is 4. The molecular weight excluding hydrogens is 528 g/mol. The summed E-state index contributed by atoms with van der Waals surface area (Å²) in [6.07, 6.45) is 7.29. The van der Waals surface area contributed by atoms with Gasteiger partial charge in [-0.15, -0.1) is 11.4 Å². The van der Waals surface area contributed by atoms with Gasteiger partial charge in [-0.1, -0.05) is 116 Å². The van der Waals surface area contributed by atoms with E-state index in [4.69, 9.17) is 9.98 Å². The quantitative estimate of drug-likeness (QED) is 0.156. The van der Waals surface area contributed by atoms with Crippen LogP contribution in [-0.2, 0) is 17.4 Å². The van der Waals surface area contributed by atoms with E-state index in [1.165, 1.54) is 22.3 Å². The molecule has 0 spiro atoms. The molecule has 2 aromatic carbocycles. The van der Waals surface area contributed by atoms with Crippen LogP contribution in [0.25, 0.3) is 0 Å². The Labute approximate surface area is 253 Å². The van der Waals surface area contributed by atoms with Gasteiger partial charge < -0.3 is 17.4 Å². The molecule has 0 aliphatic carbocycles. The molecule has 2 aromatic heterocycles. The Kier molecular flexibility index (Phi) is 14.7. The zero-order valence-electron chi connectivity index (χ0n) is 25.6. The Bertz CT molecular complexity index is 1160. The van der Waals surface area contributed by atoms with Crippen LogP contribution in [0.5, 0.6) is 0 Å². The molecule has 211 valence electrons. The summed E-state index contributed by atoms with van der Waals surface area (Å²) in [6.45, 7) is 17.7. The van der Waals surface area contributed by atoms with Crippen LogP contribution in [0.2, 0.25) is 0 Å². The van der Waals surface area contributed by atoms with E-state index >= 15 is 0 Å². The third-order valence-corrected chi connectivity index (χ3v) is 6.49. The summed E-state index contributed by atoms with van der Waals surface area (Å²) in [5, 5.41) is 0. The Morgan fingerprint density at radius 1 is 0.500 bits per heavy atom. The van der Waals surface area contributed by atoms with Gasteiger partial charge in [0.15, 0.2) is 0 Å². The predicted molar refractivity (Wildman–Crippen MR) is 170 cm³/mol. The van der Waals surface area contributed by atoms with Crippen molar-refractivity contribution >= 4 is 23.8 Å². The molecule has 2 heterocycles. The van der Waals surface area contributed by atoms with E-state index in [9.17, 15) is 0 Å². The molecule has 0 saturated carbocycles. The van der Waals surface area contributed by atoms with Crippen LogP contribution in [0.1, 0.15) is 113 Å². The first-order valence-electron chi connectivity index (χ1n) is 13.7. The van der Waals surface area contributed by atoms with Gasteiger partial charge in [-0.2, -0.15) is 12.4 Å². The van der Waals surface area contributed by atoms with E-state index in [0.29, 0.717) is 23.7 Å². The van der Waals surface area contributed by atoms with Crippen LogP contribution >= 0.6 is 0 Å².